The Kier molecular flexibility index (Phi) is 6.80. The van der Waals surface area contributed by atoms with Gasteiger partial charge in [0.05, 0.1) is 31.1 Å². The van der Waals surface area contributed by atoms with Crippen molar-refractivity contribution >= 4 is 17.7 Å². The summed E-state index contributed by atoms with van der Waals surface area (Å²) >= 11 is 0. The number of aromatic nitrogens is 4. The quantitative estimate of drug-likeness (QED) is 0.542. The number of nitrogens with one attached hydrogen (secondary N) is 1. The Labute approximate surface area is 191 Å². The van der Waals surface area contributed by atoms with E-state index in [4.69, 9.17) is 14.2 Å². The van der Waals surface area contributed by atoms with Crippen LogP contribution in [-0.2, 0) is 16.5 Å². The zero-order valence-electron chi connectivity index (χ0n) is 18.4. The Bertz CT molecular complexity index is 1180. The first-order valence-electron chi connectivity index (χ1n) is 10.7. The number of carbonyl (C=O) groups is 1. The molecule has 1 saturated heterocycles. The van der Waals surface area contributed by atoms with E-state index >= 15 is 0 Å². The highest BCUT2D eigenvalue weighted by atomic mass is 16.5. The van der Waals surface area contributed by atoms with Gasteiger partial charge in [-0.25, -0.2) is 14.8 Å². The molecule has 1 aromatic carbocycles. The minimum atomic E-state index is -0.497. The molecule has 0 atom stereocenters. The molecular formula is C23H24N6O4. The number of hydrogen-bond donors (Lipinski definition) is 1. The zero-order chi connectivity index (χ0) is 23.2. The highest BCUT2D eigenvalue weighted by Crippen LogP contribution is 2.28. The average Bonchev–Trinajstić information content (AvgIpc) is 3.20. The lowest BCUT2D eigenvalue weighted by molar-refractivity contribution is 0.0254. The van der Waals surface area contributed by atoms with E-state index in [0.29, 0.717) is 42.0 Å². The third-order valence-corrected chi connectivity index (χ3v) is 5.12. The molecular weight excluding hydrogens is 424 g/mol. The van der Waals surface area contributed by atoms with E-state index in [1.807, 2.05) is 6.07 Å². The van der Waals surface area contributed by atoms with Crippen LogP contribution in [0.3, 0.4) is 0 Å². The largest absolute Gasteiger partial charge is 0.489 e. The number of carbonyl (C=O) groups excluding carboxylic acids is 1. The number of esters is 1. The molecule has 0 aliphatic carbocycles. The molecule has 10 nitrogen and oxygen atoms in total. The summed E-state index contributed by atoms with van der Waals surface area (Å²) in [6, 6.07) is 11.0. The number of ether oxygens (including phenoxy) is 3. The molecule has 170 valence electrons. The summed E-state index contributed by atoms with van der Waals surface area (Å²) < 4.78 is 17.9. The number of hydrogen-bond acceptors (Lipinski definition) is 9. The van der Waals surface area contributed by atoms with Crippen LogP contribution in [0, 0.1) is 11.3 Å². The van der Waals surface area contributed by atoms with Crippen molar-refractivity contribution in [3.63, 3.8) is 0 Å². The lowest BCUT2D eigenvalue weighted by Gasteiger charge is -2.23. The van der Waals surface area contributed by atoms with Gasteiger partial charge in [0.25, 0.3) is 0 Å². The van der Waals surface area contributed by atoms with E-state index in [1.54, 1.807) is 44.4 Å². The SMILES string of the molecule is CCOC(=O)c1cc(Nc2nccc(-c3ccc(OC4CCOCC4)c(C#N)c3)n2)n(C)n1. The molecule has 3 heterocycles. The topological polar surface area (TPSA) is 124 Å². The van der Waals surface area contributed by atoms with Crippen molar-refractivity contribution in [2.24, 2.45) is 7.05 Å². The van der Waals surface area contributed by atoms with Crippen molar-refractivity contribution in [1.29, 1.82) is 5.26 Å². The average molecular weight is 448 g/mol. The fraction of sp³-hybridized carbons (Fsp3) is 0.348. The number of rotatable bonds is 7. The molecule has 0 unspecified atom stereocenters. The van der Waals surface area contributed by atoms with Crippen LogP contribution in [0.2, 0.25) is 0 Å². The second-order valence-corrected chi connectivity index (χ2v) is 7.40. The van der Waals surface area contributed by atoms with Crippen LogP contribution in [0.15, 0.2) is 36.5 Å². The first-order chi connectivity index (χ1) is 16.1. The van der Waals surface area contributed by atoms with E-state index < -0.39 is 5.97 Å². The third kappa shape index (κ3) is 5.27. The van der Waals surface area contributed by atoms with Gasteiger partial charge in [-0.2, -0.15) is 10.4 Å². The van der Waals surface area contributed by atoms with Crippen LogP contribution in [0.4, 0.5) is 11.8 Å². The van der Waals surface area contributed by atoms with Gasteiger partial charge in [-0.05, 0) is 31.2 Å². The molecule has 10 heteroatoms. The first kappa shape index (κ1) is 22.2. The summed E-state index contributed by atoms with van der Waals surface area (Å²) in [6.07, 6.45) is 3.27. The predicted octanol–water partition coefficient (Wildman–Crippen LogP) is 3.23. The maximum atomic E-state index is 11.9. The van der Waals surface area contributed by atoms with Gasteiger partial charge in [-0.15, -0.1) is 0 Å². The smallest absolute Gasteiger partial charge is 0.358 e. The molecule has 0 radical (unpaired) electrons. The minimum Gasteiger partial charge on any atom is -0.489 e. The van der Waals surface area contributed by atoms with Gasteiger partial charge in [0.1, 0.15) is 23.7 Å². The fourth-order valence-corrected chi connectivity index (χ4v) is 3.44. The molecule has 2 aromatic heterocycles. The summed E-state index contributed by atoms with van der Waals surface area (Å²) in [5.41, 5.74) is 2.03. The van der Waals surface area contributed by atoms with Crippen LogP contribution in [0.1, 0.15) is 35.8 Å². The number of aryl methyl sites for hydroxylation is 1. The first-order valence-corrected chi connectivity index (χ1v) is 10.7. The van der Waals surface area contributed by atoms with Gasteiger partial charge in [-0.3, -0.25) is 4.68 Å². The van der Waals surface area contributed by atoms with Crippen molar-refractivity contribution in [3.05, 3.63) is 47.8 Å². The van der Waals surface area contributed by atoms with Gasteiger partial charge >= 0.3 is 5.97 Å². The Hall–Kier alpha value is -3.97. The molecule has 1 N–H and O–H groups in total. The molecule has 1 fully saturated rings. The van der Waals surface area contributed by atoms with Gasteiger partial charge in [-0.1, -0.05) is 0 Å². The molecule has 0 saturated carbocycles. The van der Waals surface area contributed by atoms with Crippen molar-refractivity contribution in [1.82, 2.24) is 19.7 Å². The second-order valence-electron chi connectivity index (χ2n) is 7.40. The van der Waals surface area contributed by atoms with Crippen LogP contribution in [-0.4, -0.2) is 51.6 Å². The zero-order valence-corrected chi connectivity index (χ0v) is 18.4. The number of anilines is 2. The monoisotopic (exact) mass is 448 g/mol. The number of benzene rings is 1. The number of nitrogens with zero attached hydrogens (tertiary/aromatic N) is 5. The van der Waals surface area contributed by atoms with Crippen molar-refractivity contribution in [3.8, 4) is 23.1 Å². The minimum absolute atomic E-state index is 0.0462. The molecule has 3 aromatic rings. The second kappa shape index (κ2) is 10.1. The third-order valence-electron chi connectivity index (χ3n) is 5.12. The highest BCUT2D eigenvalue weighted by molar-refractivity contribution is 5.88. The molecule has 0 spiro atoms. The van der Waals surface area contributed by atoms with Crippen molar-refractivity contribution in [2.75, 3.05) is 25.1 Å². The Balaban J connectivity index is 1.53. The van der Waals surface area contributed by atoms with E-state index in [9.17, 15) is 10.1 Å². The van der Waals surface area contributed by atoms with Crippen molar-refractivity contribution in [2.45, 2.75) is 25.9 Å². The van der Waals surface area contributed by atoms with E-state index in [0.717, 1.165) is 18.4 Å². The molecule has 1 aliphatic rings. The Morgan fingerprint density at radius 1 is 1.30 bits per heavy atom. The molecule has 1 aliphatic heterocycles. The van der Waals surface area contributed by atoms with E-state index in [1.165, 1.54) is 4.68 Å². The lowest BCUT2D eigenvalue weighted by atomic mass is 10.1. The standard InChI is InChI=1S/C23H24N6O4/c1-3-32-22(30)19-13-21(29(2)28-19)27-23-25-9-6-18(26-23)15-4-5-20(16(12-15)14-24)33-17-7-10-31-11-8-17/h4-6,9,12-13,17H,3,7-8,10-11H2,1-2H3,(H,25,26,27). The van der Waals surface area contributed by atoms with Gasteiger partial charge < -0.3 is 19.5 Å². The number of nitriles is 1. The van der Waals surface area contributed by atoms with E-state index in [2.05, 4.69) is 26.5 Å². The predicted molar refractivity (Wildman–Crippen MR) is 119 cm³/mol. The maximum Gasteiger partial charge on any atom is 0.358 e. The van der Waals surface area contributed by atoms with Crippen molar-refractivity contribution < 1.29 is 19.0 Å². The molecule has 33 heavy (non-hydrogen) atoms. The summed E-state index contributed by atoms with van der Waals surface area (Å²) in [7, 11) is 1.70. The van der Waals surface area contributed by atoms with Gasteiger partial charge in [0.2, 0.25) is 5.95 Å². The van der Waals surface area contributed by atoms with Crippen LogP contribution in [0.5, 0.6) is 5.75 Å². The Morgan fingerprint density at radius 2 is 2.12 bits per heavy atom. The van der Waals surface area contributed by atoms with Gasteiger partial charge in [0, 0.05) is 37.7 Å². The van der Waals surface area contributed by atoms with Gasteiger partial charge in [0.15, 0.2) is 5.69 Å². The lowest BCUT2D eigenvalue weighted by Crippen LogP contribution is -2.26. The fourth-order valence-electron chi connectivity index (χ4n) is 3.44. The summed E-state index contributed by atoms with van der Waals surface area (Å²) in [5.74, 6) is 0.921. The van der Waals surface area contributed by atoms with Crippen LogP contribution in [0.25, 0.3) is 11.3 Å². The molecule has 4 rings (SSSR count). The van der Waals surface area contributed by atoms with Crippen LogP contribution < -0.4 is 10.1 Å². The highest BCUT2D eigenvalue weighted by Gasteiger charge is 2.18. The summed E-state index contributed by atoms with van der Waals surface area (Å²) in [6.45, 7) is 3.34. The molecule has 0 amide bonds. The normalized spacial score (nSPS) is 13.8. The summed E-state index contributed by atoms with van der Waals surface area (Å²) in [4.78, 5) is 20.7. The van der Waals surface area contributed by atoms with Crippen LogP contribution >= 0.6 is 0 Å². The molecule has 0 bridgehead atoms. The summed E-state index contributed by atoms with van der Waals surface area (Å²) in [5, 5.41) is 16.9. The van der Waals surface area contributed by atoms with E-state index in [-0.39, 0.29) is 18.4 Å². The Morgan fingerprint density at radius 3 is 2.88 bits per heavy atom. The maximum absolute atomic E-state index is 11.9.